The van der Waals surface area contributed by atoms with Gasteiger partial charge in [0.25, 0.3) is 0 Å². The molecule has 1 aliphatic rings. The molecular formula is C23H30BrNO4. The van der Waals surface area contributed by atoms with Crippen LogP contribution in [-0.2, 0) is 14.3 Å². The van der Waals surface area contributed by atoms with Crippen molar-refractivity contribution in [2.45, 2.75) is 59.5 Å². The zero-order valence-corrected chi connectivity index (χ0v) is 19.7. The first kappa shape index (κ1) is 23.3. The molecule has 1 amide bonds. The number of amides is 1. The molecule has 0 N–H and O–H groups in total. The van der Waals surface area contributed by atoms with Gasteiger partial charge in [-0.25, -0.2) is 4.79 Å². The molecule has 29 heavy (non-hydrogen) atoms. The molecule has 5 nitrogen and oxygen atoms in total. The molecule has 1 fully saturated rings. The van der Waals surface area contributed by atoms with Gasteiger partial charge in [-0.2, -0.15) is 0 Å². The number of piperidine rings is 1. The fourth-order valence-corrected chi connectivity index (χ4v) is 4.21. The van der Waals surface area contributed by atoms with Crippen molar-refractivity contribution in [2.24, 2.45) is 5.41 Å². The van der Waals surface area contributed by atoms with E-state index in [2.05, 4.69) is 27.8 Å². The van der Waals surface area contributed by atoms with Crippen LogP contribution in [0.1, 0.15) is 56.7 Å². The highest BCUT2D eigenvalue weighted by molar-refractivity contribution is 9.10. The van der Waals surface area contributed by atoms with E-state index in [4.69, 9.17) is 9.47 Å². The van der Waals surface area contributed by atoms with E-state index in [-0.39, 0.29) is 12.1 Å². The standard InChI is InChI=1S/C23H30BrNO4/c1-16-14-18(24)15-17(2)19(16)8-7-9-23(20(26)28-6)10-12-25(13-11-23)21(27)29-22(3,4)5/h14-15H,9-13H2,1-6H3. The van der Waals surface area contributed by atoms with E-state index < -0.39 is 11.0 Å². The van der Waals surface area contributed by atoms with Crippen LogP contribution in [0.15, 0.2) is 16.6 Å². The molecule has 0 aromatic heterocycles. The Balaban J connectivity index is 2.15. The number of ether oxygens (including phenoxy) is 2. The Hall–Kier alpha value is -2.00. The van der Waals surface area contributed by atoms with Crippen LogP contribution >= 0.6 is 15.9 Å². The first-order valence-electron chi connectivity index (χ1n) is 9.79. The number of halogens is 1. The number of aryl methyl sites for hydroxylation is 2. The number of carbonyl (C=O) groups is 2. The highest BCUT2D eigenvalue weighted by atomic mass is 79.9. The minimum atomic E-state index is -0.697. The Morgan fingerprint density at radius 1 is 1.17 bits per heavy atom. The second-order valence-electron chi connectivity index (χ2n) is 8.63. The number of hydrogen-bond acceptors (Lipinski definition) is 4. The predicted octanol–water partition coefficient (Wildman–Crippen LogP) is 5.00. The number of esters is 1. The molecule has 158 valence electrons. The summed E-state index contributed by atoms with van der Waals surface area (Å²) in [6.07, 6.45) is 1.07. The number of methoxy groups -OCH3 is 1. The van der Waals surface area contributed by atoms with E-state index in [1.54, 1.807) is 4.90 Å². The summed E-state index contributed by atoms with van der Waals surface area (Å²) in [6, 6.07) is 4.07. The predicted molar refractivity (Wildman–Crippen MR) is 117 cm³/mol. The average molecular weight is 464 g/mol. The lowest BCUT2D eigenvalue weighted by Gasteiger charge is -2.39. The zero-order chi connectivity index (χ0) is 21.8. The third kappa shape index (κ3) is 5.99. The third-order valence-electron chi connectivity index (χ3n) is 5.13. The number of rotatable bonds is 2. The van der Waals surface area contributed by atoms with Gasteiger partial charge in [-0.05, 0) is 70.7 Å². The zero-order valence-electron chi connectivity index (χ0n) is 18.1. The van der Waals surface area contributed by atoms with Crippen molar-refractivity contribution in [3.05, 3.63) is 33.3 Å². The van der Waals surface area contributed by atoms with Crippen LogP contribution in [0, 0.1) is 31.1 Å². The van der Waals surface area contributed by atoms with Gasteiger partial charge < -0.3 is 14.4 Å². The van der Waals surface area contributed by atoms with E-state index in [1.807, 2.05) is 46.8 Å². The smallest absolute Gasteiger partial charge is 0.410 e. The molecule has 0 aliphatic carbocycles. The van der Waals surface area contributed by atoms with E-state index in [0.717, 1.165) is 21.2 Å². The number of likely N-dealkylation sites (tertiary alicyclic amines) is 1. The molecule has 1 aromatic carbocycles. The summed E-state index contributed by atoms with van der Waals surface area (Å²) in [5.41, 5.74) is 1.93. The van der Waals surface area contributed by atoms with Gasteiger partial charge in [0.15, 0.2) is 0 Å². The molecule has 1 saturated heterocycles. The minimum Gasteiger partial charge on any atom is -0.469 e. The summed E-state index contributed by atoms with van der Waals surface area (Å²) in [6.45, 7) is 10.5. The second-order valence-corrected chi connectivity index (χ2v) is 9.55. The number of hydrogen-bond donors (Lipinski definition) is 0. The van der Waals surface area contributed by atoms with Gasteiger partial charge in [0.1, 0.15) is 5.60 Å². The van der Waals surface area contributed by atoms with Crippen molar-refractivity contribution >= 4 is 28.0 Å². The van der Waals surface area contributed by atoms with E-state index in [9.17, 15) is 9.59 Å². The molecular weight excluding hydrogens is 434 g/mol. The monoisotopic (exact) mass is 463 g/mol. The van der Waals surface area contributed by atoms with Crippen LogP contribution in [0.4, 0.5) is 4.79 Å². The molecule has 1 heterocycles. The largest absolute Gasteiger partial charge is 0.469 e. The summed E-state index contributed by atoms with van der Waals surface area (Å²) in [7, 11) is 1.40. The van der Waals surface area contributed by atoms with Crippen LogP contribution in [0.25, 0.3) is 0 Å². The van der Waals surface area contributed by atoms with Gasteiger partial charge in [0.2, 0.25) is 0 Å². The lowest BCUT2D eigenvalue weighted by molar-refractivity contribution is -0.155. The Labute approximate surface area is 182 Å². The normalized spacial score (nSPS) is 15.9. The van der Waals surface area contributed by atoms with E-state index in [1.165, 1.54) is 7.11 Å². The maximum atomic E-state index is 12.6. The SMILES string of the molecule is COC(=O)C1(CC#Cc2c(C)cc(Br)cc2C)CCN(C(=O)OC(C)(C)C)CC1. The Morgan fingerprint density at radius 3 is 2.21 bits per heavy atom. The summed E-state index contributed by atoms with van der Waals surface area (Å²) in [4.78, 5) is 26.6. The fourth-order valence-electron chi connectivity index (χ4n) is 3.52. The van der Waals surface area contributed by atoms with Gasteiger partial charge >= 0.3 is 12.1 Å². The van der Waals surface area contributed by atoms with Crippen molar-refractivity contribution in [1.29, 1.82) is 0 Å². The van der Waals surface area contributed by atoms with Crippen LogP contribution in [-0.4, -0.2) is 42.8 Å². The van der Waals surface area contributed by atoms with Gasteiger partial charge in [-0.3, -0.25) is 4.79 Å². The summed E-state index contributed by atoms with van der Waals surface area (Å²) in [5, 5.41) is 0. The fraction of sp³-hybridized carbons (Fsp3) is 0.565. The highest BCUT2D eigenvalue weighted by Crippen LogP contribution is 2.36. The molecule has 0 spiro atoms. The van der Waals surface area contributed by atoms with Gasteiger partial charge in [0.05, 0.1) is 12.5 Å². The lowest BCUT2D eigenvalue weighted by atomic mass is 9.75. The van der Waals surface area contributed by atoms with Crippen molar-refractivity contribution in [3.8, 4) is 11.8 Å². The molecule has 0 bridgehead atoms. The molecule has 2 rings (SSSR count). The van der Waals surface area contributed by atoms with Crippen molar-refractivity contribution < 1.29 is 19.1 Å². The first-order chi connectivity index (χ1) is 13.5. The van der Waals surface area contributed by atoms with E-state index >= 15 is 0 Å². The molecule has 0 atom stereocenters. The Morgan fingerprint density at radius 2 is 1.72 bits per heavy atom. The maximum absolute atomic E-state index is 12.6. The van der Waals surface area contributed by atoms with Crippen molar-refractivity contribution in [3.63, 3.8) is 0 Å². The second kappa shape index (κ2) is 9.21. The molecule has 0 radical (unpaired) electrons. The summed E-state index contributed by atoms with van der Waals surface area (Å²) in [5.74, 6) is 6.19. The summed E-state index contributed by atoms with van der Waals surface area (Å²) < 4.78 is 11.6. The molecule has 6 heteroatoms. The Bertz CT molecular complexity index is 814. The number of carbonyl (C=O) groups excluding carboxylic acids is 2. The highest BCUT2D eigenvalue weighted by Gasteiger charge is 2.43. The van der Waals surface area contributed by atoms with Crippen molar-refractivity contribution in [1.82, 2.24) is 4.90 Å². The molecule has 1 aromatic rings. The molecule has 0 unspecified atom stereocenters. The maximum Gasteiger partial charge on any atom is 0.410 e. The lowest BCUT2D eigenvalue weighted by Crippen LogP contribution is -2.48. The van der Waals surface area contributed by atoms with Crippen LogP contribution < -0.4 is 0 Å². The summed E-state index contributed by atoms with van der Waals surface area (Å²) >= 11 is 3.50. The topological polar surface area (TPSA) is 55.8 Å². The third-order valence-corrected chi connectivity index (χ3v) is 5.59. The average Bonchev–Trinajstić information content (AvgIpc) is 2.62. The van der Waals surface area contributed by atoms with Crippen molar-refractivity contribution in [2.75, 3.05) is 20.2 Å². The van der Waals surface area contributed by atoms with Gasteiger partial charge in [0, 0.05) is 29.5 Å². The van der Waals surface area contributed by atoms with Crippen LogP contribution in [0.5, 0.6) is 0 Å². The minimum absolute atomic E-state index is 0.264. The molecule has 0 saturated carbocycles. The van der Waals surface area contributed by atoms with E-state index in [0.29, 0.717) is 32.4 Å². The van der Waals surface area contributed by atoms with Gasteiger partial charge in [-0.15, -0.1) is 0 Å². The van der Waals surface area contributed by atoms with Crippen LogP contribution in [0.2, 0.25) is 0 Å². The Kier molecular flexibility index (Phi) is 7.40. The number of benzene rings is 1. The molecule has 1 aliphatic heterocycles. The first-order valence-corrected chi connectivity index (χ1v) is 10.6. The quantitative estimate of drug-likeness (QED) is 0.457. The van der Waals surface area contributed by atoms with Crippen LogP contribution in [0.3, 0.4) is 0 Å². The number of nitrogens with zero attached hydrogens (tertiary/aromatic N) is 1. The van der Waals surface area contributed by atoms with Gasteiger partial charge in [-0.1, -0.05) is 27.8 Å².